The molecule has 1 saturated heterocycles. The maximum Gasteiger partial charge on any atom is 0.257 e. The second-order valence-corrected chi connectivity index (χ2v) is 7.42. The number of hydrogen-bond acceptors (Lipinski definition) is 3. The highest BCUT2D eigenvalue weighted by atomic mass is 19.1. The monoisotopic (exact) mass is 404 g/mol. The minimum Gasteiger partial charge on any atom is -0.356 e. The summed E-state index contributed by atoms with van der Waals surface area (Å²) in [6.07, 6.45) is 4.90. The predicted octanol–water partition coefficient (Wildman–Crippen LogP) is 3.13. The Morgan fingerprint density at radius 1 is 1.31 bits per heavy atom. The summed E-state index contributed by atoms with van der Waals surface area (Å²) in [6, 6.07) is 3.19. The number of nitrogens with zero attached hydrogens (tertiary/aromatic N) is 3. The number of benzene rings is 1. The van der Waals surface area contributed by atoms with E-state index in [0.717, 1.165) is 37.8 Å². The first-order valence-corrected chi connectivity index (χ1v) is 9.96. The van der Waals surface area contributed by atoms with Crippen LogP contribution in [0.1, 0.15) is 43.0 Å². The molecular weight excluding hydrogens is 378 g/mol. The van der Waals surface area contributed by atoms with E-state index in [9.17, 15) is 18.4 Å². The second-order valence-electron chi connectivity index (χ2n) is 7.42. The van der Waals surface area contributed by atoms with Crippen LogP contribution in [0.5, 0.6) is 0 Å². The molecule has 0 radical (unpaired) electrons. The van der Waals surface area contributed by atoms with Crippen LogP contribution in [0.25, 0.3) is 11.3 Å². The summed E-state index contributed by atoms with van der Waals surface area (Å²) in [7, 11) is 1.64. The van der Waals surface area contributed by atoms with Crippen molar-refractivity contribution in [2.24, 2.45) is 13.0 Å². The third-order valence-electron chi connectivity index (χ3n) is 5.15. The summed E-state index contributed by atoms with van der Waals surface area (Å²) >= 11 is 0. The van der Waals surface area contributed by atoms with Crippen LogP contribution < -0.4 is 5.32 Å². The number of carbonyl (C=O) groups excluding carboxylic acids is 2. The molecule has 1 aromatic heterocycles. The van der Waals surface area contributed by atoms with Gasteiger partial charge in [0.25, 0.3) is 5.91 Å². The Bertz CT molecular complexity index is 897. The fourth-order valence-corrected chi connectivity index (χ4v) is 3.60. The highest BCUT2D eigenvalue weighted by molar-refractivity contribution is 6.00. The van der Waals surface area contributed by atoms with Gasteiger partial charge in [-0.1, -0.05) is 13.3 Å². The summed E-state index contributed by atoms with van der Waals surface area (Å²) in [6.45, 7) is 3.54. The summed E-state index contributed by atoms with van der Waals surface area (Å²) < 4.78 is 29.0. The van der Waals surface area contributed by atoms with E-state index in [0.29, 0.717) is 19.6 Å². The van der Waals surface area contributed by atoms with Crippen LogP contribution in [-0.2, 0) is 11.8 Å². The third-order valence-corrected chi connectivity index (χ3v) is 5.15. The lowest BCUT2D eigenvalue weighted by Crippen LogP contribution is -2.45. The van der Waals surface area contributed by atoms with Crippen LogP contribution in [0.4, 0.5) is 8.78 Å². The number of carbonyl (C=O) groups is 2. The number of nitrogens with one attached hydrogen (secondary N) is 1. The van der Waals surface area contributed by atoms with Crippen molar-refractivity contribution in [3.63, 3.8) is 0 Å². The normalized spacial score (nSPS) is 16.7. The highest BCUT2D eigenvalue weighted by Gasteiger charge is 2.31. The Balaban J connectivity index is 1.79. The van der Waals surface area contributed by atoms with Gasteiger partial charge >= 0.3 is 0 Å². The zero-order valence-corrected chi connectivity index (χ0v) is 16.8. The summed E-state index contributed by atoms with van der Waals surface area (Å²) in [5.41, 5.74) is 0.482. The van der Waals surface area contributed by atoms with Crippen LogP contribution in [0.15, 0.2) is 24.4 Å². The average Bonchev–Trinajstić information content (AvgIpc) is 3.09. The summed E-state index contributed by atoms with van der Waals surface area (Å²) in [4.78, 5) is 27.2. The second kappa shape index (κ2) is 9.15. The quantitative estimate of drug-likeness (QED) is 0.753. The lowest BCUT2D eigenvalue weighted by atomic mass is 9.96. The van der Waals surface area contributed by atoms with Gasteiger partial charge in [-0.3, -0.25) is 14.3 Å². The molecule has 1 aromatic carbocycles. The minimum atomic E-state index is -0.774. The SMILES string of the molecule is CCCCNC(=O)C1CCCN(C(=O)c2cn(C)nc2-c2ccc(F)cc2F)C1. The van der Waals surface area contributed by atoms with Crippen LogP contribution in [-0.4, -0.2) is 46.1 Å². The van der Waals surface area contributed by atoms with Crippen LogP contribution in [0.2, 0.25) is 0 Å². The molecule has 0 spiro atoms. The van der Waals surface area contributed by atoms with E-state index in [1.807, 2.05) is 0 Å². The maximum absolute atomic E-state index is 14.3. The average molecular weight is 404 g/mol. The highest BCUT2D eigenvalue weighted by Crippen LogP contribution is 2.28. The number of likely N-dealkylation sites (tertiary alicyclic amines) is 1. The lowest BCUT2D eigenvalue weighted by molar-refractivity contribution is -0.126. The molecule has 1 N–H and O–H groups in total. The number of amides is 2. The molecule has 1 fully saturated rings. The van der Waals surface area contributed by atoms with Gasteiger partial charge in [0.2, 0.25) is 5.91 Å². The molecule has 0 bridgehead atoms. The molecule has 2 aromatic rings. The first kappa shape index (κ1) is 21.0. The largest absolute Gasteiger partial charge is 0.356 e. The van der Waals surface area contributed by atoms with E-state index in [2.05, 4.69) is 17.3 Å². The van der Waals surface area contributed by atoms with Crippen LogP contribution >= 0.6 is 0 Å². The third kappa shape index (κ3) is 4.81. The molecule has 1 atom stereocenters. The fraction of sp³-hybridized carbons (Fsp3) is 0.476. The van der Waals surface area contributed by atoms with Gasteiger partial charge in [0.15, 0.2) is 0 Å². The molecule has 156 valence electrons. The van der Waals surface area contributed by atoms with Crippen LogP contribution in [0, 0.1) is 17.6 Å². The van der Waals surface area contributed by atoms with Gasteiger partial charge in [0, 0.05) is 44.5 Å². The Morgan fingerprint density at radius 2 is 2.10 bits per heavy atom. The van der Waals surface area contributed by atoms with Gasteiger partial charge in [-0.15, -0.1) is 0 Å². The Morgan fingerprint density at radius 3 is 2.83 bits per heavy atom. The van der Waals surface area contributed by atoms with E-state index in [-0.39, 0.29) is 34.6 Å². The van der Waals surface area contributed by atoms with E-state index in [4.69, 9.17) is 0 Å². The molecule has 1 unspecified atom stereocenters. The van der Waals surface area contributed by atoms with E-state index < -0.39 is 11.6 Å². The van der Waals surface area contributed by atoms with Crippen molar-refractivity contribution in [2.75, 3.05) is 19.6 Å². The number of rotatable bonds is 6. The number of aryl methyl sites for hydroxylation is 1. The lowest BCUT2D eigenvalue weighted by Gasteiger charge is -2.32. The van der Waals surface area contributed by atoms with Crippen LogP contribution in [0.3, 0.4) is 0 Å². The molecule has 2 heterocycles. The van der Waals surface area contributed by atoms with E-state index in [1.165, 1.54) is 16.9 Å². The Labute approximate surface area is 168 Å². The molecular formula is C21H26F2N4O2. The number of unbranched alkanes of at least 4 members (excludes halogenated alkanes) is 1. The molecule has 2 amide bonds. The molecule has 0 saturated carbocycles. The molecule has 3 rings (SSSR count). The molecule has 29 heavy (non-hydrogen) atoms. The van der Waals surface area contributed by atoms with Gasteiger partial charge in [-0.25, -0.2) is 8.78 Å². The smallest absolute Gasteiger partial charge is 0.257 e. The van der Waals surface area contributed by atoms with Gasteiger partial charge in [0.1, 0.15) is 17.3 Å². The van der Waals surface area contributed by atoms with Crippen molar-refractivity contribution >= 4 is 11.8 Å². The van der Waals surface area contributed by atoms with E-state index >= 15 is 0 Å². The Hall–Kier alpha value is -2.77. The topological polar surface area (TPSA) is 67.2 Å². The Kier molecular flexibility index (Phi) is 6.61. The van der Waals surface area contributed by atoms with Gasteiger partial charge < -0.3 is 10.2 Å². The molecule has 6 nitrogen and oxygen atoms in total. The molecule has 1 aliphatic heterocycles. The van der Waals surface area contributed by atoms with Crippen molar-refractivity contribution in [1.29, 1.82) is 0 Å². The van der Waals surface area contributed by atoms with E-state index in [1.54, 1.807) is 11.9 Å². The first-order valence-electron chi connectivity index (χ1n) is 9.96. The zero-order chi connectivity index (χ0) is 21.0. The van der Waals surface area contributed by atoms with Gasteiger partial charge in [-0.05, 0) is 31.4 Å². The van der Waals surface area contributed by atoms with Gasteiger partial charge in [-0.2, -0.15) is 5.10 Å². The standard InChI is InChI=1S/C21H26F2N4O2/c1-3-4-9-24-20(28)14-6-5-10-27(12-14)21(29)17-13-26(2)25-19(17)16-8-7-15(22)11-18(16)23/h7-8,11,13-14H,3-6,9-10,12H2,1-2H3,(H,24,28). The van der Waals surface area contributed by atoms with Crippen molar-refractivity contribution < 1.29 is 18.4 Å². The number of aromatic nitrogens is 2. The predicted molar refractivity (Wildman–Crippen MR) is 105 cm³/mol. The van der Waals surface area contributed by atoms with Crippen molar-refractivity contribution in [1.82, 2.24) is 20.0 Å². The maximum atomic E-state index is 14.3. The summed E-state index contributed by atoms with van der Waals surface area (Å²) in [5.74, 6) is -2.06. The molecule has 1 aliphatic rings. The number of piperidine rings is 1. The molecule has 0 aliphatic carbocycles. The minimum absolute atomic E-state index is 0.0352. The number of halogens is 2. The van der Waals surface area contributed by atoms with Crippen molar-refractivity contribution in [2.45, 2.75) is 32.6 Å². The van der Waals surface area contributed by atoms with Gasteiger partial charge in [0.05, 0.1) is 11.5 Å². The van der Waals surface area contributed by atoms with Crippen molar-refractivity contribution in [3.8, 4) is 11.3 Å². The zero-order valence-electron chi connectivity index (χ0n) is 16.8. The molecule has 8 heteroatoms. The fourth-order valence-electron chi connectivity index (χ4n) is 3.60. The first-order chi connectivity index (χ1) is 13.9. The summed E-state index contributed by atoms with van der Waals surface area (Å²) in [5, 5.41) is 7.15. The number of hydrogen-bond donors (Lipinski definition) is 1. The van der Waals surface area contributed by atoms with Crippen molar-refractivity contribution in [3.05, 3.63) is 41.6 Å².